The van der Waals surface area contributed by atoms with Crippen LogP contribution in [0.3, 0.4) is 0 Å². The molecule has 0 atom stereocenters. The van der Waals surface area contributed by atoms with Crippen LogP contribution in [-0.2, 0) is 0 Å². The summed E-state index contributed by atoms with van der Waals surface area (Å²) >= 11 is 0. The SMILES string of the molecule is O=c1c2cnc3nc(C4CCCCC4)nn3c2ccn1-c1ccncc1. The van der Waals surface area contributed by atoms with Crippen molar-refractivity contribution < 1.29 is 0 Å². The molecule has 26 heavy (non-hydrogen) atoms. The summed E-state index contributed by atoms with van der Waals surface area (Å²) in [6, 6.07) is 5.50. The van der Waals surface area contributed by atoms with Gasteiger partial charge in [-0.1, -0.05) is 19.3 Å². The topological polar surface area (TPSA) is 78.0 Å². The van der Waals surface area contributed by atoms with E-state index in [0.717, 1.165) is 29.9 Å². The van der Waals surface area contributed by atoms with Crippen molar-refractivity contribution in [2.75, 3.05) is 0 Å². The highest BCUT2D eigenvalue weighted by Gasteiger charge is 2.21. The van der Waals surface area contributed by atoms with Crippen molar-refractivity contribution in [2.24, 2.45) is 0 Å². The van der Waals surface area contributed by atoms with Gasteiger partial charge in [0.15, 0.2) is 5.82 Å². The molecule has 1 aliphatic rings. The Labute approximate surface area is 149 Å². The zero-order valence-corrected chi connectivity index (χ0v) is 14.2. The van der Waals surface area contributed by atoms with Gasteiger partial charge >= 0.3 is 0 Å². The number of pyridine rings is 2. The van der Waals surface area contributed by atoms with Crippen LogP contribution in [0.15, 0.2) is 47.8 Å². The summed E-state index contributed by atoms with van der Waals surface area (Å²) in [5.74, 6) is 1.81. The van der Waals surface area contributed by atoms with E-state index in [9.17, 15) is 4.79 Å². The maximum Gasteiger partial charge on any atom is 0.266 e. The third-order valence-electron chi connectivity index (χ3n) is 5.16. The minimum absolute atomic E-state index is 0.127. The van der Waals surface area contributed by atoms with Crippen molar-refractivity contribution >= 4 is 16.7 Å². The molecule has 0 amide bonds. The lowest BCUT2D eigenvalue weighted by Crippen LogP contribution is -2.18. The average molecular weight is 346 g/mol. The Morgan fingerprint density at radius 1 is 1.04 bits per heavy atom. The van der Waals surface area contributed by atoms with Crippen LogP contribution in [0.5, 0.6) is 0 Å². The van der Waals surface area contributed by atoms with Gasteiger partial charge < -0.3 is 0 Å². The molecule has 7 heteroatoms. The van der Waals surface area contributed by atoms with E-state index in [1.807, 2.05) is 6.07 Å². The number of fused-ring (bicyclic) bond motifs is 3. The Bertz CT molecular complexity index is 1140. The van der Waals surface area contributed by atoms with Crippen molar-refractivity contribution in [1.29, 1.82) is 0 Å². The molecular weight excluding hydrogens is 328 g/mol. The van der Waals surface area contributed by atoms with E-state index in [2.05, 4.69) is 15.0 Å². The third kappa shape index (κ3) is 2.39. The molecule has 7 nitrogen and oxygen atoms in total. The largest absolute Gasteiger partial charge is 0.284 e. The van der Waals surface area contributed by atoms with E-state index < -0.39 is 0 Å². The van der Waals surface area contributed by atoms with Crippen LogP contribution >= 0.6 is 0 Å². The van der Waals surface area contributed by atoms with Crippen molar-refractivity contribution in [3.63, 3.8) is 0 Å². The highest BCUT2D eigenvalue weighted by molar-refractivity contribution is 5.78. The van der Waals surface area contributed by atoms with Crippen LogP contribution in [0.4, 0.5) is 0 Å². The predicted octanol–water partition coefficient (Wildman–Crippen LogP) is 2.87. The van der Waals surface area contributed by atoms with Gasteiger partial charge in [-0.25, -0.2) is 4.98 Å². The van der Waals surface area contributed by atoms with Crippen molar-refractivity contribution in [3.8, 4) is 5.69 Å². The van der Waals surface area contributed by atoms with Gasteiger partial charge in [0.05, 0.1) is 16.6 Å². The summed E-state index contributed by atoms with van der Waals surface area (Å²) in [7, 11) is 0. The summed E-state index contributed by atoms with van der Waals surface area (Å²) < 4.78 is 3.30. The highest BCUT2D eigenvalue weighted by Crippen LogP contribution is 2.31. The van der Waals surface area contributed by atoms with Gasteiger partial charge in [-0.3, -0.25) is 14.3 Å². The molecule has 130 valence electrons. The first-order chi connectivity index (χ1) is 12.8. The summed E-state index contributed by atoms with van der Waals surface area (Å²) in [5, 5.41) is 5.22. The fraction of sp³-hybridized carbons (Fsp3) is 0.316. The summed E-state index contributed by atoms with van der Waals surface area (Å²) in [6.45, 7) is 0. The molecule has 0 unspecified atom stereocenters. The zero-order chi connectivity index (χ0) is 17.5. The Morgan fingerprint density at radius 2 is 1.85 bits per heavy atom. The second-order valence-electron chi connectivity index (χ2n) is 6.77. The number of nitrogens with zero attached hydrogens (tertiary/aromatic N) is 6. The molecule has 4 aromatic rings. The second-order valence-corrected chi connectivity index (χ2v) is 6.77. The van der Waals surface area contributed by atoms with Gasteiger partial charge in [-0.05, 0) is 31.0 Å². The van der Waals surface area contributed by atoms with Crippen LogP contribution in [0.1, 0.15) is 43.8 Å². The van der Waals surface area contributed by atoms with E-state index in [4.69, 9.17) is 5.10 Å². The van der Waals surface area contributed by atoms with E-state index in [0.29, 0.717) is 17.1 Å². The minimum Gasteiger partial charge on any atom is -0.284 e. The normalized spacial score (nSPS) is 15.7. The number of aromatic nitrogens is 6. The monoisotopic (exact) mass is 346 g/mol. The van der Waals surface area contributed by atoms with E-state index in [-0.39, 0.29) is 5.56 Å². The molecule has 1 saturated carbocycles. The molecule has 0 saturated heterocycles. The van der Waals surface area contributed by atoms with Crippen LogP contribution in [0, 0.1) is 0 Å². The van der Waals surface area contributed by atoms with Crippen molar-refractivity contribution in [3.05, 3.63) is 59.2 Å². The fourth-order valence-corrected chi connectivity index (χ4v) is 3.78. The lowest BCUT2D eigenvalue weighted by Gasteiger charge is -2.17. The molecule has 1 aliphatic carbocycles. The Hall–Kier alpha value is -3.09. The first-order valence-corrected chi connectivity index (χ1v) is 8.99. The van der Waals surface area contributed by atoms with E-state index in [1.54, 1.807) is 46.0 Å². The van der Waals surface area contributed by atoms with Gasteiger partial charge in [-0.15, -0.1) is 5.10 Å². The standard InChI is InChI=1S/C19H18N6O/c26-18-15-12-21-19-22-17(13-4-2-1-3-5-13)23-25(19)16(15)8-11-24(18)14-6-9-20-10-7-14/h6-13H,1-5H2. The smallest absolute Gasteiger partial charge is 0.266 e. The highest BCUT2D eigenvalue weighted by atomic mass is 16.1. The Kier molecular flexibility index (Phi) is 3.51. The molecule has 5 rings (SSSR count). The molecule has 0 aliphatic heterocycles. The first kappa shape index (κ1) is 15.2. The second kappa shape index (κ2) is 6.01. The average Bonchev–Trinajstić information content (AvgIpc) is 3.14. The molecule has 4 aromatic heterocycles. The molecule has 0 bridgehead atoms. The lowest BCUT2D eigenvalue weighted by atomic mass is 9.89. The lowest BCUT2D eigenvalue weighted by molar-refractivity contribution is 0.429. The summed E-state index contributed by atoms with van der Waals surface area (Å²) in [5.41, 5.74) is 1.38. The van der Waals surface area contributed by atoms with E-state index >= 15 is 0 Å². The van der Waals surface area contributed by atoms with Gasteiger partial charge in [-0.2, -0.15) is 9.50 Å². The number of hydrogen-bond acceptors (Lipinski definition) is 5. The maximum absolute atomic E-state index is 12.9. The molecule has 0 spiro atoms. The number of rotatable bonds is 2. The zero-order valence-electron chi connectivity index (χ0n) is 14.2. The van der Waals surface area contributed by atoms with Crippen LogP contribution < -0.4 is 5.56 Å². The summed E-state index contributed by atoms with van der Waals surface area (Å²) in [4.78, 5) is 25.9. The maximum atomic E-state index is 12.9. The number of hydrogen-bond donors (Lipinski definition) is 0. The van der Waals surface area contributed by atoms with Crippen molar-refractivity contribution in [2.45, 2.75) is 38.0 Å². The Balaban J connectivity index is 1.67. The van der Waals surface area contributed by atoms with Crippen LogP contribution in [-0.4, -0.2) is 29.1 Å². The molecule has 0 radical (unpaired) electrons. The fourth-order valence-electron chi connectivity index (χ4n) is 3.78. The first-order valence-electron chi connectivity index (χ1n) is 8.99. The van der Waals surface area contributed by atoms with Gasteiger partial charge in [0, 0.05) is 30.7 Å². The molecule has 0 N–H and O–H groups in total. The van der Waals surface area contributed by atoms with Gasteiger partial charge in [0.25, 0.3) is 11.3 Å². The molecule has 4 heterocycles. The van der Waals surface area contributed by atoms with Crippen LogP contribution in [0.25, 0.3) is 22.4 Å². The predicted molar refractivity (Wildman–Crippen MR) is 97.5 cm³/mol. The van der Waals surface area contributed by atoms with E-state index in [1.165, 1.54) is 19.3 Å². The van der Waals surface area contributed by atoms with Crippen LogP contribution in [0.2, 0.25) is 0 Å². The quantitative estimate of drug-likeness (QED) is 0.558. The van der Waals surface area contributed by atoms with Gasteiger partial charge in [0.1, 0.15) is 0 Å². The van der Waals surface area contributed by atoms with Crippen molar-refractivity contribution in [1.82, 2.24) is 29.1 Å². The summed E-state index contributed by atoms with van der Waals surface area (Å²) in [6.07, 6.45) is 12.7. The molecule has 0 aromatic carbocycles. The minimum atomic E-state index is -0.127. The third-order valence-corrected chi connectivity index (χ3v) is 5.16. The Morgan fingerprint density at radius 3 is 2.65 bits per heavy atom. The molecular formula is C19H18N6O. The van der Waals surface area contributed by atoms with Gasteiger partial charge in [0.2, 0.25) is 0 Å². The molecule has 1 fully saturated rings.